The molecule has 0 saturated carbocycles. The Morgan fingerprint density at radius 3 is 2.29 bits per heavy atom. The zero-order valence-corrected chi connectivity index (χ0v) is 17.7. The van der Waals surface area contributed by atoms with Gasteiger partial charge in [0, 0.05) is 30.5 Å². The maximum absolute atomic E-state index is 12.6. The van der Waals surface area contributed by atoms with Gasteiger partial charge in [0.05, 0.1) is 12.4 Å². The fourth-order valence-electron chi connectivity index (χ4n) is 2.41. The second-order valence-corrected chi connectivity index (χ2v) is 7.13. The first-order chi connectivity index (χ1) is 14.5. The Morgan fingerprint density at radius 2 is 1.77 bits per heavy atom. The monoisotopic (exact) mass is 457 g/mol. The summed E-state index contributed by atoms with van der Waals surface area (Å²) in [5.74, 6) is -4.11. The Balaban J connectivity index is 2.84. The van der Waals surface area contributed by atoms with E-state index in [4.69, 9.17) is 11.5 Å². The van der Waals surface area contributed by atoms with Crippen molar-refractivity contribution in [1.82, 2.24) is 25.9 Å². The molecule has 0 spiro atoms. The molecule has 0 aliphatic carbocycles. The number of nitrogens with one attached hydrogen (secondary N) is 4. The maximum atomic E-state index is 12.6. The van der Waals surface area contributed by atoms with Crippen LogP contribution in [0.3, 0.4) is 0 Å². The second kappa shape index (κ2) is 12.5. The molecule has 1 heterocycles. The number of carboxylic acids is 1. The van der Waals surface area contributed by atoms with Crippen LogP contribution in [0, 0.1) is 0 Å². The molecule has 1 aromatic heterocycles. The summed E-state index contributed by atoms with van der Waals surface area (Å²) in [6.45, 7) is 1.37. The van der Waals surface area contributed by atoms with Crippen molar-refractivity contribution in [1.29, 1.82) is 0 Å². The lowest BCUT2D eigenvalue weighted by molar-refractivity contribution is -0.142. The van der Waals surface area contributed by atoms with E-state index in [-0.39, 0.29) is 25.0 Å². The number of hydrogen-bond donors (Lipinski definition) is 8. The molecular weight excluding hydrogens is 430 g/mol. The van der Waals surface area contributed by atoms with E-state index < -0.39 is 53.8 Å². The van der Waals surface area contributed by atoms with Gasteiger partial charge in [-0.15, -0.1) is 0 Å². The van der Waals surface area contributed by atoms with Gasteiger partial charge in [0.2, 0.25) is 23.6 Å². The van der Waals surface area contributed by atoms with Crippen LogP contribution >= 0.6 is 12.6 Å². The van der Waals surface area contributed by atoms with Crippen molar-refractivity contribution in [3.63, 3.8) is 0 Å². The van der Waals surface area contributed by atoms with Gasteiger partial charge in [-0.2, -0.15) is 12.6 Å². The lowest BCUT2D eigenvalue weighted by Crippen LogP contribution is -2.56. The Labute approximate surface area is 183 Å². The SMILES string of the molecule is CC(NC(=O)C(N)CS)C(=O)NC(CCC(N)=O)C(=O)NC(Cc1cnc[nH]1)C(=O)O. The smallest absolute Gasteiger partial charge is 0.326 e. The summed E-state index contributed by atoms with van der Waals surface area (Å²) in [5.41, 5.74) is 11.1. The molecule has 0 radical (unpaired) electrons. The number of nitrogens with two attached hydrogens (primary N) is 2. The molecule has 0 bridgehead atoms. The van der Waals surface area contributed by atoms with Crippen molar-refractivity contribution in [2.75, 3.05) is 5.75 Å². The van der Waals surface area contributed by atoms with Gasteiger partial charge in [0.25, 0.3) is 0 Å². The third kappa shape index (κ3) is 9.04. The van der Waals surface area contributed by atoms with Crippen LogP contribution in [0.15, 0.2) is 12.5 Å². The zero-order valence-electron chi connectivity index (χ0n) is 16.8. The summed E-state index contributed by atoms with van der Waals surface area (Å²) in [6, 6.07) is -4.55. The highest BCUT2D eigenvalue weighted by atomic mass is 32.1. The second-order valence-electron chi connectivity index (χ2n) is 6.77. The number of amides is 4. The number of aliphatic carboxylic acids is 1. The van der Waals surface area contributed by atoms with E-state index in [1.54, 1.807) is 0 Å². The Kier molecular flexibility index (Phi) is 10.5. The van der Waals surface area contributed by atoms with E-state index in [1.807, 2.05) is 0 Å². The molecule has 4 atom stereocenters. The van der Waals surface area contributed by atoms with Gasteiger partial charge in [0.15, 0.2) is 0 Å². The van der Waals surface area contributed by atoms with Crippen molar-refractivity contribution in [3.05, 3.63) is 18.2 Å². The molecule has 0 fully saturated rings. The summed E-state index contributed by atoms with van der Waals surface area (Å²) in [6.07, 6.45) is 2.29. The van der Waals surface area contributed by atoms with Crippen LogP contribution in [0.1, 0.15) is 25.5 Å². The molecule has 9 N–H and O–H groups in total. The number of thiol groups is 1. The number of aromatic nitrogens is 2. The van der Waals surface area contributed by atoms with Crippen LogP contribution in [0.2, 0.25) is 0 Å². The molecule has 0 aromatic carbocycles. The summed E-state index contributed by atoms with van der Waals surface area (Å²) in [7, 11) is 0. The topological polar surface area (TPSA) is 222 Å². The van der Waals surface area contributed by atoms with Gasteiger partial charge in [-0.05, 0) is 13.3 Å². The van der Waals surface area contributed by atoms with E-state index in [1.165, 1.54) is 19.4 Å². The van der Waals surface area contributed by atoms with E-state index in [9.17, 15) is 29.1 Å². The van der Waals surface area contributed by atoms with Crippen molar-refractivity contribution < 1.29 is 29.1 Å². The first-order valence-corrected chi connectivity index (χ1v) is 9.94. The first kappa shape index (κ1) is 25.9. The van der Waals surface area contributed by atoms with Crippen LogP contribution in [0.5, 0.6) is 0 Å². The Hall–Kier alpha value is -3.13. The van der Waals surface area contributed by atoms with Gasteiger partial charge >= 0.3 is 5.97 Å². The number of imidazole rings is 1. The van der Waals surface area contributed by atoms with Gasteiger partial charge in [0.1, 0.15) is 18.1 Å². The summed E-state index contributed by atoms with van der Waals surface area (Å²) < 4.78 is 0. The molecule has 4 unspecified atom stereocenters. The van der Waals surface area contributed by atoms with Crippen LogP contribution in [0.4, 0.5) is 0 Å². The summed E-state index contributed by atoms with van der Waals surface area (Å²) in [5, 5.41) is 16.5. The average molecular weight is 458 g/mol. The Bertz CT molecular complexity index is 788. The number of rotatable bonds is 13. The van der Waals surface area contributed by atoms with Crippen molar-refractivity contribution in [2.45, 2.75) is 50.4 Å². The van der Waals surface area contributed by atoms with E-state index in [0.717, 1.165) is 0 Å². The van der Waals surface area contributed by atoms with Gasteiger partial charge in [-0.3, -0.25) is 19.2 Å². The number of aromatic amines is 1. The fourth-order valence-corrected chi connectivity index (χ4v) is 2.58. The molecule has 13 nitrogen and oxygen atoms in total. The van der Waals surface area contributed by atoms with E-state index in [2.05, 4.69) is 38.5 Å². The number of hydrogen-bond acceptors (Lipinski definition) is 8. The van der Waals surface area contributed by atoms with Crippen molar-refractivity contribution >= 4 is 42.2 Å². The number of carbonyl (C=O) groups is 5. The zero-order chi connectivity index (χ0) is 23.6. The number of carboxylic acid groups (broad SMARTS) is 1. The normalized spacial score (nSPS) is 14.5. The van der Waals surface area contributed by atoms with Gasteiger partial charge in [-0.1, -0.05) is 0 Å². The van der Waals surface area contributed by atoms with Gasteiger partial charge in [-0.25, -0.2) is 9.78 Å². The number of nitrogens with zero attached hydrogens (tertiary/aromatic N) is 1. The molecular formula is C17H27N7O6S. The van der Waals surface area contributed by atoms with E-state index in [0.29, 0.717) is 5.69 Å². The third-order valence-electron chi connectivity index (χ3n) is 4.19. The molecule has 172 valence electrons. The highest BCUT2D eigenvalue weighted by Gasteiger charge is 2.29. The van der Waals surface area contributed by atoms with E-state index >= 15 is 0 Å². The largest absolute Gasteiger partial charge is 0.480 e. The van der Waals surface area contributed by atoms with Crippen LogP contribution in [0.25, 0.3) is 0 Å². The first-order valence-electron chi connectivity index (χ1n) is 9.31. The summed E-state index contributed by atoms with van der Waals surface area (Å²) in [4.78, 5) is 66.0. The van der Waals surface area contributed by atoms with Crippen LogP contribution < -0.4 is 27.4 Å². The molecule has 31 heavy (non-hydrogen) atoms. The summed E-state index contributed by atoms with van der Waals surface area (Å²) >= 11 is 3.90. The molecule has 1 rings (SSSR count). The average Bonchev–Trinajstić information content (AvgIpc) is 3.22. The molecule has 0 aliphatic rings. The quantitative estimate of drug-likeness (QED) is 0.142. The highest BCUT2D eigenvalue weighted by molar-refractivity contribution is 7.80. The van der Waals surface area contributed by atoms with Crippen molar-refractivity contribution in [3.8, 4) is 0 Å². The van der Waals surface area contributed by atoms with Gasteiger partial charge < -0.3 is 37.5 Å². The number of H-pyrrole nitrogens is 1. The Morgan fingerprint density at radius 1 is 1.13 bits per heavy atom. The predicted octanol–water partition coefficient (Wildman–Crippen LogP) is -2.97. The lowest BCUT2D eigenvalue weighted by Gasteiger charge is -2.23. The number of primary amides is 1. The number of carbonyl (C=O) groups excluding carboxylic acids is 4. The molecule has 14 heteroatoms. The minimum Gasteiger partial charge on any atom is -0.480 e. The standard InChI is InChI=1S/C17H27N7O6S/c1-8(22-15(27)10(18)6-31)14(26)23-11(2-3-13(19)25)16(28)24-12(17(29)30)4-9-5-20-7-21-9/h5,7-8,10-12,31H,2-4,6,18H2,1H3,(H2,19,25)(H,20,21)(H,22,27)(H,23,26)(H,24,28)(H,29,30). The van der Waals surface area contributed by atoms with Crippen molar-refractivity contribution in [2.24, 2.45) is 11.5 Å². The maximum Gasteiger partial charge on any atom is 0.326 e. The third-order valence-corrected chi connectivity index (χ3v) is 4.58. The molecule has 1 aromatic rings. The molecule has 0 aliphatic heterocycles. The lowest BCUT2D eigenvalue weighted by atomic mass is 10.1. The van der Waals surface area contributed by atoms with Crippen LogP contribution in [-0.2, 0) is 30.4 Å². The minimum absolute atomic E-state index is 0.0662. The molecule has 0 saturated heterocycles. The minimum atomic E-state index is -1.31. The predicted molar refractivity (Wildman–Crippen MR) is 112 cm³/mol. The van der Waals surface area contributed by atoms with Crippen LogP contribution in [-0.4, -0.2) is 74.6 Å². The fraction of sp³-hybridized carbons (Fsp3) is 0.529. The molecule has 4 amide bonds. The highest BCUT2D eigenvalue weighted by Crippen LogP contribution is 2.03.